The minimum Gasteiger partial charge on any atom is -0.379 e. The zero-order chi connectivity index (χ0) is 14.8. The molecule has 21 heavy (non-hydrogen) atoms. The Morgan fingerprint density at radius 3 is 3.00 bits per heavy atom. The van der Waals surface area contributed by atoms with Crippen molar-refractivity contribution in [2.24, 2.45) is 7.05 Å². The molecule has 6 heteroatoms. The summed E-state index contributed by atoms with van der Waals surface area (Å²) in [7, 11) is 1.95. The van der Waals surface area contributed by atoms with E-state index in [0.717, 1.165) is 39.9 Å². The second-order valence-electron chi connectivity index (χ2n) is 4.86. The Morgan fingerprint density at radius 1 is 1.33 bits per heavy atom. The van der Waals surface area contributed by atoms with Crippen LogP contribution in [0.1, 0.15) is 18.2 Å². The largest absolute Gasteiger partial charge is 0.379 e. The molecule has 0 aliphatic rings. The van der Waals surface area contributed by atoms with Gasteiger partial charge in [-0.3, -0.25) is 14.6 Å². The molecule has 1 N–H and O–H groups in total. The zero-order valence-electron chi connectivity index (χ0n) is 12.0. The van der Waals surface area contributed by atoms with Gasteiger partial charge < -0.3 is 5.32 Å². The molecule has 0 atom stereocenters. The van der Waals surface area contributed by atoms with E-state index >= 15 is 0 Å². The van der Waals surface area contributed by atoms with Crippen molar-refractivity contribution >= 4 is 32.7 Å². The van der Waals surface area contributed by atoms with Crippen LogP contribution in [0, 0.1) is 0 Å². The summed E-state index contributed by atoms with van der Waals surface area (Å²) in [5.41, 5.74) is 5.07. The summed E-state index contributed by atoms with van der Waals surface area (Å²) in [4.78, 5) is 8.79. The van der Waals surface area contributed by atoms with Crippen molar-refractivity contribution in [1.29, 1.82) is 0 Å². The highest BCUT2D eigenvalue weighted by molar-refractivity contribution is 9.10. The Kier molecular flexibility index (Phi) is 3.88. The van der Waals surface area contributed by atoms with Crippen molar-refractivity contribution in [2.45, 2.75) is 19.9 Å². The second kappa shape index (κ2) is 5.81. The van der Waals surface area contributed by atoms with E-state index in [-0.39, 0.29) is 0 Å². The fourth-order valence-electron chi connectivity index (χ4n) is 2.37. The molecule has 0 fully saturated rings. The van der Waals surface area contributed by atoms with Gasteiger partial charge >= 0.3 is 0 Å². The summed E-state index contributed by atoms with van der Waals surface area (Å²) in [6.07, 6.45) is 6.57. The fourth-order valence-corrected chi connectivity index (χ4v) is 2.69. The van der Waals surface area contributed by atoms with Crippen LogP contribution < -0.4 is 5.32 Å². The van der Waals surface area contributed by atoms with Gasteiger partial charge in [-0.05, 0) is 34.5 Å². The van der Waals surface area contributed by atoms with Gasteiger partial charge in [-0.2, -0.15) is 5.10 Å². The molecule has 0 aliphatic carbocycles. The monoisotopic (exact) mass is 345 g/mol. The molecule has 0 unspecified atom stereocenters. The van der Waals surface area contributed by atoms with Crippen LogP contribution >= 0.6 is 15.9 Å². The van der Waals surface area contributed by atoms with Crippen molar-refractivity contribution in [3.63, 3.8) is 0 Å². The van der Waals surface area contributed by atoms with Gasteiger partial charge in [0.1, 0.15) is 5.52 Å². The standard InChI is InChI=1S/C15H16BrN5/c1-3-12-10(9-21(2)20-12)7-18-13-4-5-17-14-6-11(16)8-19-15(13)14/h4-6,8-9H,3,7H2,1-2H3,(H,17,18). The highest BCUT2D eigenvalue weighted by Crippen LogP contribution is 2.22. The van der Waals surface area contributed by atoms with E-state index in [0.29, 0.717) is 0 Å². The third-order valence-corrected chi connectivity index (χ3v) is 3.77. The quantitative estimate of drug-likeness (QED) is 0.788. The van der Waals surface area contributed by atoms with Crippen molar-refractivity contribution in [3.05, 3.63) is 46.5 Å². The lowest BCUT2D eigenvalue weighted by atomic mass is 10.2. The number of aryl methyl sites for hydroxylation is 2. The molecule has 0 saturated carbocycles. The number of nitrogens with one attached hydrogen (secondary N) is 1. The zero-order valence-corrected chi connectivity index (χ0v) is 13.6. The van der Waals surface area contributed by atoms with E-state index in [4.69, 9.17) is 0 Å². The predicted molar refractivity (Wildman–Crippen MR) is 87.2 cm³/mol. The first-order chi connectivity index (χ1) is 10.2. The van der Waals surface area contributed by atoms with E-state index in [1.54, 1.807) is 12.4 Å². The smallest absolute Gasteiger partial charge is 0.112 e. The molecule has 0 spiro atoms. The maximum Gasteiger partial charge on any atom is 0.112 e. The summed E-state index contributed by atoms with van der Waals surface area (Å²) in [6, 6.07) is 3.92. The Balaban J connectivity index is 1.88. The predicted octanol–water partition coefficient (Wildman–Crippen LogP) is 3.30. The lowest BCUT2D eigenvalue weighted by molar-refractivity contribution is 0.746. The Labute approximate surface area is 131 Å². The van der Waals surface area contributed by atoms with Gasteiger partial charge in [0, 0.05) is 42.2 Å². The number of aromatic nitrogens is 4. The van der Waals surface area contributed by atoms with Gasteiger partial charge in [0.05, 0.1) is 16.9 Å². The lowest BCUT2D eigenvalue weighted by Crippen LogP contribution is -2.02. The molecule has 0 aliphatic heterocycles. The third kappa shape index (κ3) is 2.90. The number of rotatable bonds is 4. The minimum absolute atomic E-state index is 0.730. The van der Waals surface area contributed by atoms with Crippen LogP contribution in [0.4, 0.5) is 5.69 Å². The summed E-state index contributed by atoms with van der Waals surface area (Å²) >= 11 is 3.42. The van der Waals surface area contributed by atoms with Crippen LogP contribution in [0.3, 0.4) is 0 Å². The molecule has 3 aromatic heterocycles. The van der Waals surface area contributed by atoms with E-state index in [1.165, 1.54) is 5.56 Å². The molecule has 3 rings (SSSR count). The molecule has 0 aromatic carbocycles. The molecule has 5 nitrogen and oxygen atoms in total. The van der Waals surface area contributed by atoms with Crippen LogP contribution in [0.25, 0.3) is 11.0 Å². The van der Waals surface area contributed by atoms with Gasteiger partial charge in [0.2, 0.25) is 0 Å². The Bertz CT molecular complexity index is 781. The van der Waals surface area contributed by atoms with Gasteiger partial charge in [0.15, 0.2) is 0 Å². The van der Waals surface area contributed by atoms with E-state index in [2.05, 4.69) is 49.4 Å². The maximum atomic E-state index is 4.46. The number of hydrogen-bond donors (Lipinski definition) is 1. The summed E-state index contributed by atoms with van der Waals surface area (Å²) in [5.74, 6) is 0. The number of nitrogens with zero attached hydrogens (tertiary/aromatic N) is 4. The topological polar surface area (TPSA) is 55.6 Å². The number of halogens is 1. The van der Waals surface area contributed by atoms with Gasteiger partial charge in [0.25, 0.3) is 0 Å². The third-order valence-electron chi connectivity index (χ3n) is 3.34. The van der Waals surface area contributed by atoms with E-state index < -0.39 is 0 Å². The van der Waals surface area contributed by atoms with Crippen LogP contribution in [-0.4, -0.2) is 19.7 Å². The molecule has 3 heterocycles. The van der Waals surface area contributed by atoms with E-state index in [9.17, 15) is 0 Å². The molecule has 0 saturated heterocycles. The Morgan fingerprint density at radius 2 is 2.19 bits per heavy atom. The fraction of sp³-hybridized carbons (Fsp3) is 0.267. The van der Waals surface area contributed by atoms with Crippen molar-refractivity contribution < 1.29 is 0 Å². The number of anilines is 1. The average Bonchev–Trinajstić information content (AvgIpc) is 2.84. The summed E-state index contributed by atoms with van der Waals surface area (Å²) < 4.78 is 2.79. The maximum absolute atomic E-state index is 4.46. The number of pyridine rings is 2. The van der Waals surface area contributed by atoms with Crippen LogP contribution in [-0.2, 0) is 20.0 Å². The van der Waals surface area contributed by atoms with E-state index in [1.807, 2.05) is 23.9 Å². The molecular formula is C15H16BrN5. The molecule has 0 amide bonds. The molecule has 0 bridgehead atoms. The van der Waals surface area contributed by atoms with Crippen molar-refractivity contribution in [1.82, 2.24) is 19.7 Å². The normalized spacial score (nSPS) is 11.0. The highest BCUT2D eigenvalue weighted by Gasteiger charge is 2.08. The average molecular weight is 346 g/mol. The van der Waals surface area contributed by atoms with Crippen LogP contribution in [0.2, 0.25) is 0 Å². The van der Waals surface area contributed by atoms with Crippen LogP contribution in [0.5, 0.6) is 0 Å². The van der Waals surface area contributed by atoms with Gasteiger partial charge in [-0.15, -0.1) is 0 Å². The number of hydrogen-bond acceptors (Lipinski definition) is 4. The minimum atomic E-state index is 0.730. The highest BCUT2D eigenvalue weighted by atomic mass is 79.9. The first-order valence-corrected chi connectivity index (χ1v) is 7.62. The Hall–Kier alpha value is -1.95. The first-order valence-electron chi connectivity index (χ1n) is 6.83. The van der Waals surface area contributed by atoms with Crippen molar-refractivity contribution in [3.8, 4) is 0 Å². The molecule has 0 radical (unpaired) electrons. The van der Waals surface area contributed by atoms with Crippen LogP contribution in [0.15, 0.2) is 35.2 Å². The SMILES string of the molecule is CCc1nn(C)cc1CNc1ccnc2cc(Br)cnc12. The summed E-state index contributed by atoms with van der Waals surface area (Å²) in [5, 5.41) is 7.90. The second-order valence-corrected chi connectivity index (χ2v) is 5.78. The van der Waals surface area contributed by atoms with Gasteiger partial charge in [-0.25, -0.2) is 0 Å². The molecular weight excluding hydrogens is 330 g/mol. The summed E-state index contributed by atoms with van der Waals surface area (Å²) in [6.45, 7) is 2.85. The molecule has 108 valence electrons. The van der Waals surface area contributed by atoms with Gasteiger partial charge in [-0.1, -0.05) is 6.92 Å². The first kappa shape index (κ1) is 14.0. The lowest BCUT2D eigenvalue weighted by Gasteiger charge is -2.08. The number of fused-ring (bicyclic) bond motifs is 1. The molecule has 3 aromatic rings. The van der Waals surface area contributed by atoms with Crippen molar-refractivity contribution in [2.75, 3.05) is 5.32 Å².